The van der Waals surface area contributed by atoms with Crippen LogP contribution in [0.1, 0.15) is 78.1 Å². The molecule has 0 radical (unpaired) electrons. The summed E-state index contributed by atoms with van der Waals surface area (Å²) in [6, 6.07) is 0. The Morgan fingerprint density at radius 3 is 2.19 bits per heavy atom. The molecule has 3 unspecified atom stereocenters. The third-order valence-electron chi connectivity index (χ3n) is 5.34. The molecule has 0 aliphatic heterocycles. The monoisotopic (exact) mass is 222 g/mol. The summed E-state index contributed by atoms with van der Waals surface area (Å²) in [5, 5.41) is 0. The van der Waals surface area contributed by atoms with E-state index in [0.717, 1.165) is 23.7 Å². The van der Waals surface area contributed by atoms with Gasteiger partial charge in [-0.2, -0.15) is 0 Å². The highest BCUT2D eigenvalue weighted by Crippen LogP contribution is 2.39. The van der Waals surface area contributed by atoms with E-state index in [1.807, 2.05) is 0 Å². The van der Waals surface area contributed by atoms with Gasteiger partial charge < -0.3 is 0 Å². The molecule has 2 aliphatic rings. The van der Waals surface area contributed by atoms with Crippen molar-refractivity contribution in [1.29, 1.82) is 0 Å². The normalized spacial score (nSPS) is 34.9. The van der Waals surface area contributed by atoms with E-state index < -0.39 is 0 Å². The van der Waals surface area contributed by atoms with Gasteiger partial charge in [0, 0.05) is 0 Å². The zero-order valence-corrected chi connectivity index (χ0v) is 11.4. The molecule has 0 amide bonds. The van der Waals surface area contributed by atoms with E-state index in [1.165, 1.54) is 64.2 Å². The summed E-state index contributed by atoms with van der Waals surface area (Å²) in [6.07, 6.45) is 15.2. The van der Waals surface area contributed by atoms with E-state index in [4.69, 9.17) is 0 Å². The molecule has 0 nitrogen and oxygen atoms in total. The smallest absolute Gasteiger partial charge is 0.0363 e. The Hall–Kier alpha value is 0. The second-order valence-electron chi connectivity index (χ2n) is 6.64. The van der Waals surface area contributed by atoms with Crippen LogP contribution < -0.4 is 0 Å². The van der Waals surface area contributed by atoms with E-state index >= 15 is 0 Å². The fourth-order valence-electron chi connectivity index (χ4n) is 4.31. The van der Waals surface area contributed by atoms with Crippen LogP contribution in [-0.4, -0.2) is 0 Å². The molecule has 0 aromatic rings. The van der Waals surface area contributed by atoms with Gasteiger partial charge in [0.15, 0.2) is 0 Å². The minimum atomic E-state index is 0.999. The molecule has 0 spiro atoms. The Bertz CT molecular complexity index is 190. The molecule has 0 aromatic heterocycles. The van der Waals surface area contributed by atoms with Crippen LogP contribution in [0.2, 0.25) is 0 Å². The van der Waals surface area contributed by atoms with Crippen molar-refractivity contribution in [1.82, 2.24) is 0 Å². The lowest BCUT2D eigenvalue weighted by molar-refractivity contribution is 0.151. The second kappa shape index (κ2) is 6.07. The molecule has 0 N–H and O–H groups in total. The van der Waals surface area contributed by atoms with Crippen LogP contribution >= 0.6 is 0 Å². The van der Waals surface area contributed by atoms with Crippen molar-refractivity contribution in [2.24, 2.45) is 23.7 Å². The van der Waals surface area contributed by atoms with Crippen molar-refractivity contribution in [3.05, 3.63) is 0 Å². The molecule has 0 aromatic carbocycles. The first-order valence-corrected chi connectivity index (χ1v) is 7.77. The summed E-state index contributed by atoms with van der Waals surface area (Å²) in [7, 11) is 0. The van der Waals surface area contributed by atoms with Crippen LogP contribution in [0.15, 0.2) is 0 Å². The molecule has 2 aliphatic carbocycles. The van der Waals surface area contributed by atoms with Gasteiger partial charge in [0.1, 0.15) is 0 Å². The van der Waals surface area contributed by atoms with Crippen LogP contribution in [0.4, 0.5) is 0 Å². The zero-order valence-electron chi connectivity index (χ0n) is 11.4. The molecular weight excluding hydrogens is 192 g/mol. The molecule has 2 saturated carbocycles. The fourth-order valence-corrected chi connectivity index (χ4v) is 4.31. The quantitative estimate of drug-likeness (QED) is 0.598. The Labute approximate surface area is 102 Å². The van der Waals surface area contributed by atoms with E-state index in [2.05, 4.69) is 13.8 Å². The van der Waals surface area contributed by atoms with Gasteiger partial charge in [0.25, 0.3) is 0 Å². The lowest BCUT2D eigenvalue weighted by atomic mass is 9.70. The molecule has 16 heavy (non-hydrogen) atoms. The molecule has 3 atom stereocenters. The van der Waals surface area contributed by atoms with Crippen LogP contribution in [0.5, 0.6) is 0 Å². The SMILES string of the molecule is CC1CCCCC1C(C)CC1CCCCC1. The molecule has 0 bridgehead atoms. The minimum Gasteiger partial charge on any atom is -0.0622 e. The van der Waals surface area contributed by atoms with Crippen molar-refractivity contribution >= 4 is 0 Å². The van der Waals surface area contributed by atoms with Gasteiger partial charge in [-0.15, -0.1) is 0 Å². The minimum absolute atomic E-state index is 0.999. The Balaban J connectivity index is 1.78. The van der Waals surface area contributed by atoms with Gasteiger partial charge in [0.2, 0.25) is 0 Å². The summed E-state index contributed by atoms with van der Waals surface area (Å²) in [5.74, 6) is 4.14. The average Bonchev–Trinajstić information content (AvgIpc) is 2.31. The number of rotatable bonds is 3. The molecule has 2 rings (SSSR count). The third-order valence-corrected chi connectivity index (χ3v) is 5.34. The van der Waals surface area contributed by atoms with E-state index in [0.29, 0.717) is 0 Å². The van der Waals surface area contributed by atoms with Gasteiger partial charge in [0.05, 0.1) is 0 Å². The molecule has 0 heterocycles. The maximum atomic E-state index is 2.54. The Morgan fingerprint density at radius 1 is 0.875 bits per heavy atom. The van der Waals surface area contributed by atoms with Gasteiger partial charge >= 0.3 is 0 Å². The van der Waals surface area contributed by atoms with Crippen LogP contribution in [0, 0.1) is 23.7 Å². The first-order chi connectivity index (χ1) is 7.77. The Kier molecular flexibility index (Phi) is 4.73. The summed E-state index contributed by atoms with van der Waals surface area (Å²) < 4.78 is 0. The van der Waals surface area contributed by atoms with Gasteiger partial charge in [-0.25, -0.2) is 0 Å². The van der Waals surface area contributed by atoms with Gasteiger partial charge in [-0.1, -0.05) is 65.2 Å². The van der Waals surface area contributed by atoms with Crippen LogP contribution in [-0.2, 0) is 0 Å². The second-order valence-corrected chi connectivity index (χ2v) is 6.64. The van der Waals surface area contributed by atoms with Gasteiger partial charge in [-0.05, 0) is 36.5 Å². The highest BCUT2D eigenvalue weighted by atomic mass is 14.3. The summed E-state index contributed by atoms with van der Waals surface area (Å²) >= 11 is 0. The third kappa shape index (κ3) is 3.25. The predicted molar refractivity (Wildman–Crippen MR) is 71.5 cm³/mol. The maximum absolute atomic E-state index is 2.54. The fraction of sp³-hybridized carbons (Fsp3) is 1.00. The number of hydrogen-bond donors (Lipinski definition) is 0. The molecule has 0 heteroatoms. The standard InChI is InChI=1S/C16H30/c1-13-8-6-7-11-16(13)14(2)12-15-9-4-3-5-10-15/h13-16H,3-12H2,1-2H3. The zero-order chi connectivity index (χ0) is 11.4. The van der Waals surface area contributed by atoms with E-state index in [1.54, 1.807) is 0 Å². The first-order valence-electron chi connectivity index (χ1n) is 7.77. The lowest BCUT2D eigenvalue weighted by Gasteiger charge is -2.36. The van der Waals surface area contributed by atoms with Crippen molar-refractivity contribution in [2.45, 2.75) is 78.1 Å². The van der Waals surface area contributed by atoms with Crippen LogP contribution in [0.3, 0.4) is 0 Å². The van der Waals surface area contributed by atoms with Gasteiger partial charge in [-0.3, -0.25) is 0 Å². The van der Waals surface area contributed by atoms with Crippen molar-refractivity contribution in [2.75, 3.05) is 0 Å². The summed E-state index contributed by atoms with van der Waals surface area (Å²) in [4.78, 5) is 0. The van der Waals surface area contributed by atoms with E-state index in [-0.39, 0.29) is 0 Å². The lowest BCUT2D eigenvalue weighted by Crippen LogP contribution is -2.25. The highest BCUT2D eigenvalue weighted by molar-refractivity contribution is 4.79. The van der Waals surface area contributed by atoms with Crippen molar-refractivity contribution in [3.63, 3.8) is 0 Å². The Morgan fingerprint density at radius 2 is 1.50 bits per heavy atom. The largest absolute Gasteiger partial charge is 0.0622 e. The molecular formula is C16H30. The van der Waals surface area contributed by atoms with E-state index in [9.17, 15) is 0 Å². The van der Waals surface area contributed by atoms with Crippen molar-refractivity contribution in [3.8, 4) is 0 Å². The predicted octanol–water partition coefficient (Wildman–Crippen LogP) is 5.42. The topological polar surface area (TPSA) is 0 Å². The summed E-state index contributed by atoms with van der Waals surface area (Å²) in [6.45, 7) is 5.04. The number of hydrogen-bond acceptors (Lipinski definition) is 0. The molecule has 94 valence electrons. The molecule has 0 saturated heterocycles. The average molecular weight is 222 g/mol. The summed E-state index contributed by atoms with van der Waals surface area (Å²) in [5.41, 5.74) is 0. The highest BCUT2D eigenvalue weighted by Gasteiger charge is 2.28. The maximum Gasteiger partial charge on any atom is -0.0363 e. The first kappa shape index (κ1) is 12.5. The molecule has 2 fully saturated rings. The van der Waals surface area contributed by atoms with Crippen molar-refractivity contribution < 1.29 is 0 Å². The van der Waals surface area contributed by atoms with Crippen LogP contribution in [0.25, 0.3) is 0 Å².